The van der Waals surface area contributed by atoms with Gasteiger partial charge in [-0.15, -0.1) is 0 Å². The van der Waals surface area contributed by atoms with Crippen molar-refractivity contribution in [3.8, 4) is 0 Å². The van der Waals surface area contributed by atoms with E-state index in [4.69, 9.17) is 10.2 Å². The second-order valence-corrected chi connectivity index (χ2v) is 3.03. The van der Waals surface area contributed by atoms with Crippen molar-refractivity contribution < 1.29 is 15.0 Å². The van der Waals surface area contributed by atoms with Crippen molar-refractivity contribution in [1.29, 1.82) is 0 Å². The molecule has 2 atom stereocenters. The number of rotatable bonds is 2. The molecule has 2 N–H and O–H groups in total. The fourth-order valence-electron chi connectivity index (χ4n) is 1.29. The number of hydrogen-bond donors (Lipinski definition) is 2. The van der Waals surface area contributed by atoms with Gasteiger partial charge in [-0.2, -0.15) is 0 Å². The van der Waals surface area contributed by atoms with Crippen molar-refractivity contribution in [3.63, 3.8) is 0 Å². The van der Waals surface area contributed by atoms with Crippen molar-refractivity contribution in [2.75, 3.05) is 19.6 Å². The second-order valence-electron chi connectivity index (χ2n) is 3.03. The van der Waals surface area contributed by atoms with Gasteiger partial charge in [0.15, 0.2) is 0 Å². The lowest BCUT2D eigenvalue weighted by Crippen LogP contribution is -2.27. The molecule has 0 unspecified atom stereocenters. The molecule has 0 amide bonds. The summed E-state index contributed by atoms with van der Waals surface area (Å²) in [6.45, 7) is 2.63. The van der Waals surface area contributed by atoms with E-state index in [9.17, 15) is 4.79 Å². The topological polar surface area (TPSA) is 60.8 Å². The van der Waals surface area contributed by atoms with Crippen LogP contribution in [-0.2, 0) is 4.79 Å². The summed E-state index contributed by atoms with van der Waals surface area (Å²) in [5.74, 6) is 0.0614. The van der Waals surface area contributed by atoms with Crippen molar-refractivity contribution in [2.24, 2.45) is 0 Å². The first kappa shape index (κ1) is 8.64. The standard InChI is InChI=1S/C7H13NO3/c1-5(9)2-8-3-6(10)7(11)4-8/h6-7,10-11H,2-4H2,1H3/t6-,7+. The Morgan fingerprint density at radius 3 is 2.27 bits per heavy atom. The Kier molecular flexibility index (Phi) is 2.59. The van der Waals surface area contributed by atoms with Gasteiger partial charge in [0.1, 0.15) is 5.78 Å². The quantitative estimate of drug-likeness (QED) is 0.521. The normalized spacial score (nSPS) is 32.6. The number of aliphatic hydroxyl groups excluding tert-OH is 2. The van der Waals surface area contributed by atoms with E-state index < -0.39 is 12.2 Å². The SMILES string of the molecule is CC(=O)CN1C[C@@H](O)[C@@H](O)C1. The number of nitrogens with zero attached hydrogens (tertiary/aromatic N) is 1. The molecule has 4 heteroatoms. The van der Waals surface area contributed by atoms with Gasteiger partial charge in [-0.3, -0.25) is 9.69 Å². The first-order valence-electron chi connectivity index (χ1n) is 3.67. The zero-order valence-electron chi connectivity index (χ0n) is 6.53. The van der Waals surface area contributed by atoms with Gasteiger partial charge in [0, 0.05) is 13.1 Å². The highest BCUT2D eigenvalue weighted by molar-refractivity contribution is 5.77. The van der Waals surface area contributed by atoms with Gasteiger partial charge in [0.25, 0.3) is 0 Å². The van der Waals surface area contributed by atoms with Gasteiger partial charge in [-0.1, -0.05) is 0 Å². The van der Waals surface area contributed by atoms with Crippen LogP contribution in [0.2, 0.25) is 0 Å². The van der Waals surface area contributed by atoms with Crippen LogP contribution < -0.4 is 0 Å². The van der Waals surface area contributed by atoms with Gasteiger partial charge < -0.3 is 10.2 Å². The summed E-state index contributed by atoms with van der Waals surface area (Å²) in [6, 6.07) is 0. The first-order chi connectivity index (χ1) is 5.09. The number of β-amino-alcohol motifs (C(OH)–C–C–N with tert-alkyl or cyclic N) is 2. The molecule has 1 rings (SSSR count). The van der Waals surface area contributed by atoms with Gasteiger partial charge in [-0.05, 0) is 6.92 Å². The minimum atomic E-state index is -0.686. The number of ketones is 1. The van der Waals surface area contributed by atoms with Gasteiger partial charge in [-0.25, -0.2) is 0 Å². The zero-order chi connectivity index (χ0) is 8.43. The van der Waals surface area contributed by atoms with Crippen LogP contribution >= 0.6 is 0 Å². The summed E-state index contributed by atoms with van der Waals surface area (Å²) < 4.78 is 0. The highest BCUT2D eigenvalue weighted by Crippen LogP contribution is 2.08. The van der Waals surface area contributed by atoms with E-state index in [1.807, 2.05) is 0 Å². The molecule has 0 bridgehead atoms. The molecule has 0 aromatic heterocycles. The largest absolute Gasteiger partial charge is 0.389 e. The van der Waals surface area contributed by atoms with Crippen molar-refractivity contribution >= 4 is 5.78 Å². The van der Waals surface area contributed by atoms with E-state index in [1.54, 1.807) is 4.90 Å². The first-order valence-corrected chi connectivity index (χ1v) is 3.67. The van der Waals surface area contributed by atoms with Crippen LogP contribution in [0.4, 0.5) is 0 Å². The Hall–Kier alpha value is -0.450. The molecule has 64 valence electrons. The Morgan fingerprint density at radius 1 is 1.45 bits per heavy atom. The van der Waals surface area contributed by atoms with E-state index in [-0.39, 0.29) is 5.78 Å². The Morgan fingerprint density at radius 2 is 1.91 bits per heavy atom. The highest BCUT2D eigenvalue weighted by Gasteiger charge is 2.29. The summed E-state index contributed by atoms with van der Waals surface area (Å²) in [5, 5.41) is 18.2. The van der Waals surface area contributed by atoms with Crippen LogP contribution in [0.5, 0.6) is 0 Å². The molecule has 0 radical (unpaired) electrons. The maximum atomic E-state index is 10.6. The van der Waals surface area contributed by atoms with Crippen molar-refractivity contribution in [3.05, 3.63) is 0 Å². The molecule has 0 aliphatic carbocycles. The van der Waals surface area contributed by atoms with Crippen LogP contribution in [0.25, 0.3) is 0 Å². The highest BCUT2D eigenvalue weighted by atomic mass is 16.3. The molecular weight excluding hydrogens is 146 g/mol. The minimum Gasteiger partial charge on any atom is -0.389 e. The second kappa shape index (κ2) is 3.30. The van der Waals surface area contributed by atoms with E-state index in [1.165, 1.54) is 6.92 Å². The van der Waals surface area contributed by atoms with Crippen LogP contribution in [0.3, 0.4) is 0 Å². The fraction of sp³-hybridized carbons (Fsp3) is 0.857. The molecule has 1 aliphatic rings. The Labute approximate surface area is 65.4 Å². The molecule has 1 fully saturated rings. The van der Waals surface area contributed by atoms with Crippen LogP contribution in [0.15, 0.2) is 0 Å². The molecule has 0 aromatic rings. The van der Waals surface area contributed by atoms with Gasteiger partial charge in [0.2, 0.25) is 0 Å². The third kappa shape index (κ3) is 2.25. The van der Waals surface area contributed by atoms with Gasteiger partial charge in [0.05, 0.1) is 18.8 Å². The summed E-state index contributed by atoms with van der Waals surface area (Å²) in [7, 11) is 0. The van der Waals surface area contributed by atoms with Crippen LogP contribution in [0.1, 0.15) is 6.92 Å². The molecule has 0 spiro atoms. The molecule has 11 heavy (non-hydrogen) atoms. The lowest BCUT2D eigenvalue weighted by molar-refractivity contribution is -0.117. The third-order valence-electron chi connectivity index (χ3n) is 1.78. The average molecular weight is 159 g/mol. The predicted molar refractivity (Wildman–Crippen MR) is 39.1 cm³/mol. The lowest BCUT2D eigenvalue weighted by atomic mass is 10.3. The lowest BCUT2D eigenvalue weighted by Gasteiger charge is -2.10. The van der Waals surface area contributed by atoms with Crippen LogP contribution in [0, 0.1) is 0 Å². The van der Waals surface area contributed by atoms with E-state index >= 15 is 0 Å². The molecule has 1 aliphatic heterocycles. The van der Waals surface area contributed by atoms with Crippen molar-refractivity contribution in [2.45, 2.75) is 19.1 Å². The number of carbonyl (C=O) groups is 1. The molecule has 1 saturated heterocycles. The Balaban J connectivity index is 2.35. The van der Waals surface area contributed by atoms with E-state index in [0.717, 1.165) is 0 Å². The molecule has 0 saturated carbocycles. The monoisotopic (exact) mass is 159 g/mol. The summed E-state index contributed by atoms with van der Waals surface area (Å²) in [6.07, 6.45) is -1.37. The predicted octanol–water partition coefficient (Wildman–Crippen LogP) is -1.39. The maximum absolute atomic E-state index is 10.6. The maximum Gasteiger partial charge on any atom is 0.143 e. The molecular formula is C7H13NO3. The van der Waals surface area contributed by atoms with E-state index in [2.05, 4.69) is 0 Å². The Bertz CT molecular complexity index is 150. The minimum absolute atomic E-state index is 0.0614. The summed E-state index contributed by atoms with van der Waals surface area (Å²) in [4.78, 5) is 12.4. The summed E-state index contributed by atoms with van der Waals surface area (Å²) >= 11 is 0. The van der Waals surface area contributed by atoms with Crippen molar-refractivity contribution in [1.82, 2.24) is 4.90 Å². The number of Topliss-reactive ketones (excluding diaryl/α,β-unsaturated/α-hetero) is 1. The number of carbonyl (C=O) groups excluding carboxylic acids is 1. The fourth-order valence-corrected chi connectivity index (χ4v) is 1.29. The molecule has 4 nitrogen and oxygen atoms in total. The smallest absolute Gasteiger partial charge is 0.143 e. The third-order valence-corrected chi connectivity index (χ3v) is 1.78. The van der Waals surface area contributed by atoms with Crippen LogP contribution in [-0.4, -0.2) is 52.7 Å². The molecule has 1 heterocycles. The van der Waals surface area contributed by atoms with Gasteiger partial charge >= 0.3 is 0 Å². The summed E-state index contributed by atoms with van der Waals surface area (Å²) in [5.41, 5.74) is 0. The number of aliphatic hydroxyl groups is 2. The molecule has 0 aromatic carbocycles. The number of likely N-dealkylation sites (tertiary alicyclic amines) is 1. The average Bonchev–Trinajstić information content (AvgIpc) is 2.10. The zero-order valence-corrected chi connectivity index (χ0v) is 6.53. The van der Waals surface area contributed by atoms with E-state index in [0.29, 0.717) is 19.6 Å². The number of hydrogen-bond acceptors (Lipinski definition) is 4.